The van der Waals surface area contributed by atoms with Crippen LogP contribution >= 0.6 is 22.7 Å². The molecule has 0 spiro atoms. The lowest BCUT2D eigenvalue weighted by molar-refractivity contribution is 0.415. The molecule has 30 heavy (non-hydrogen) atoms. The number of ether oxygens (including phenoxy) is 1. The lowest BCUT2D eigenvalue weighted by Gasteiger charge is -2.04. The first-order valence-electron chi connectivity index (χ1n) is 9.54. The standard InChI is InChI=1S/C24H19N3OS2/c1-15-22(27-23(29-15)17-6-4-3-5-7-17)16-8-10-18(11-9-16)25-24-26-20-13-12-19(28-2)14-21(20)30-24/h3-14H,1-2H3,(H,25,26). The van der Waals surface area contributed by atoms with Crippen LogP contribution in [0.3, 0.4) is 0 Å². The van der Waals surface area contributed by atoms with Crippen molar-refractivity contribution in [2.45, 2.75) is 6.92 Å². The van der Waals surface area contributed by atoms with Gasteiger partial charge in [-0.25, -0.2) is 9.97 Å². The van der Waals surface area contributed by atoms with Crippen molar-refractivity contribution in [1.29, 1.82) is 0 Å². The number of nitrogens with one attached hydrogen (secondary N) is 1. The molecule has 0 fully saturated rings. The van der Waals surface area contributed by atoms with Crippen LogP contribution in [-0.4, -0.2) is 17.1 Å². The van der Waals surface area contributed by atoms with E-state index in [1.807, 2.05) is 36.4 Å². The molecule has 2 heterocycles. The Hall–Kier alpha value is -3.22. The summed E-state index contributed by atoms with van der Waals surface area (Å²) < 4.78 is 6.40. The molecule has 0 aliphatic heterocycles. The summed E-state index contributed by atoms with van der Waals surface area (Å²) in [7, 11) is 1.68. The number of hydrogen-bond acceptors (Lipinski definition) is 6. The zero-order valence-corrected chi connectivity index (χ0v) is 18.2. The van der Waals surface area contributed by atoms with Crippen LogP contribution in [-0.2, 0) is 0 Å². The van der Waals surface area contributed by atoms with E-state index in [0.29, 0.717) is 0 Å². The summed E-state index contributed by atoms with van der Waals surface area (Å²) in [5.41, 5.74) is 5.28. The van der Waals surface area contributed by atoms with Gasteiger partial charge in [0.1, 0.15) is 10.8 Å². The van der Waals surface area contributed by atoms with E-state index in [0.717, 1.165) is 48.6 Å². The van der Waals surface area contributed by atoms with E-state index in [1.165, 1.54) is 4.88 Å². The van der Waals surface area contributed by atoms with Crippen molar-refractivity contribution in [2.75, 3.05) is 12.4 Å². The summed E-state index contributed by atoms with van der Waals surface area (Å²) in [4.78, 5) is 10.8. The highest BCUT2D eigenvalue weighted by Crippen LogP contribution is 2.35. The smallest absolute Gasteiger partial charge is 0.188 e. The highest BCUT2D eigenvalue weighted by molar-refractivity contribution is 7.22. The maximum absolute atomic E-state index is 5.30. The summed E-state index contributed by atoms with van der Waals surface area (Å²) in [6, 6.07) is 24.6. The third-order valence-corrected chi connectivity index (χ3v) is 6.78. The Morgan fingerprint density at radius 1 is 0.833 bits per heavy atom. The molecule has 1 N–H and O–H groups in total. The monoisotopic (exact) mass is 429 g/mol. The molecule has 0 saturated heterocycles. The highest BCUT2D eigenvalue weighted by atomic mass is 32.1. The van der Waals surface area contributed by atoms with Gasteiger partial charge in [-0.1, -0.05) is 53.8 Å². The van der Waals surface area contributed by atoms with Gasteiger partial charge in [0.15, 0.2) is 5.13 Å². The van der Waals surface area contributed by atoms with Crippen molar-refractivity contribution in [2.24, 2.45) is 0 Å². The molecular formula is C24H19N3OS2. The van der Waals surface area contributed by atoms with Crippen molar-refractivity contribution in [3.63, 3.8) is 0 Å². The predicted octanol–water partition coefficient (Wildman–Crippen LogP) is 7.15. The van der Waals surface area contributed by atoms with Gasteiger partial charge in [-0.2, -0.15) is 0 Å². The molecule has 0 saturated carbocycles. The molecule has 2 aromatic heterocycles. The molecule has 0 aliphatic carbocycles. The van der Waals surface area contributed by atoms with Crippen molar-refractivity contribution in [3.05, 3.63) is 77.7 Å². The molecule has 0 atom stereocenters. The highest BCUT2D eigenvalue weighted by Gasteiger charge is 2.12. The third kappa shape index (κ3) is 3.67. The first-order chi connectivity index (χ1) is 14.7. The van der Waals surface area contributed by atoms with Gasteiger partial charge in [0, 0.05) is 21.7 Å². The first kappa shape index (κ1) is 18.8. The van der Waals surface area contributed by atoms with E-state index in [9.17, 15) is 0 Å². The Morgan fingerprint density at radius 2 is 1.63 bits per heavy atom. The van der Waals surface area contributed by atoms with Crippen molar-refractivity contribution in [3.8, 4) is 27.6 Å². The first-order valence-corrected chi connectivity index (χ1v) is 11.2. The van der Waals surface area contributed by atoms with Crippen LogP contribution in [0.5, 0.6) is 5.75 Å². The van der Waals surface area contributed by atoms with E-state index in [1.54, 1.807) is 29.8 Å². The van der Waals surface area contributed by atoms with Crippen LogP contribution in [0, 0.1) is 6.92 Å². The predicted molar refractivity (Wildman–Crippen MR) is 127 cm³/mol. The number of methoxy groups -OCH3 is 1. The molecule has 0 amide bonds. The number of thiazole rings is 2. The van der Waals surface area contributed by atoms with Gasteiger partial charge >= 0.3 is 0 Å². The van der Waals surface area contributed by atoms with E-state index in [2.05, 4.69) is 53.6 Å². The van der Waals surface area contributed by atoms with Gasteiger partial charge in [-0.15, -0.1) is 11.3 Å². The fourth-order valence-corrected chi connectivity index (χ4v) is 5.14. The second-order valence-corrected chi connectivity index (χ2v) is 9.08. The minimum atomic E-state index is 0.843. The number of aromatic nitrogens is 2. The Balaban J connectivity index is 1.38. The van der Waals surface area contributed by atoms with E-state index in [4.69, 9.17) is 9.72 Å². The van der Waals surface area contributed by atoms with Gasteiger partial charge in [0.2, 0.25) is 0 Å². The van der Waals surface area contributed by atoms with E-state index >= 15 is 0 Å². The number of hydrogen-bond donors (Lipinski definition) is 1. The molecule has 5 rings (SSSR count). The Kier molecular flexibility index (Phi) is 4.94. The van der Waals surface area contributed by atoms with Crippen molar-refractivity contribution in [1.82, 2.24) is 9.97 Å². The second kappa shape index (κ2) is 7.89. The summed E-state index contributed by atoms with van der Waals surface area (Å²) in [6.45, 7) is 2.13. The number of aryl methyl sites for hydroxylation is 1. The van der Waals surface area contributed by atoms with Gasteiger partial charge in [-0.05, 0) is 37.3 Å². The Bertz CT molecular complexity index is 1310. The van der Waals surface area contributed by atoms with Gasteiger partial charge < -0.3 is 10.1 Å². The van der Waals surface area contributed by atoms with Crippen LogP contribution in [0.1, 0.15) is 4.88 Å². The van der Waals surface area contributed by atoms with Crippen LogP contribution in [0.2, 0.25) is 0 Å². The maximum atomic E-state index is 5.30. The molecule has 0 radical (unpaired) electrons. The van der Waals surface area contributed by atoms with Gasteiger partial charge in [0.05, 0.1) is 23.0 Å². The summed E-state index contributed by atoms with van der Waals surface area (Å²) in [6.07, 6.45) is 0. The third-order valence-electron chi connectivity index (χ3n) is 4.82. The average Bonchev–Trinajstić information content (AvgIpc) is 3.37. The molecule has 3 aromatic carbocycles. The molecule has 6 heteroatoms. The lowest BCUT2D eigenvalue weighted by Crippen LogP contribution is -1.89. The average molecular weight is 430 g/mol. The largest absolute Gasteiger partial charge is 0.497 e. The fraction of sp³-hybridized carbons (Fsp3) is 0.0833. The zero-order chi connectivity index (χ0) is 20.5. The molecule has 148 valence electrons. The van der Waals surface area contributed by atoms with Crippen LogP contribution in [0.4, 0.5) is 10.8 Å². The molecule has 0 aliphatic rings. The minimum Gasteiger partial charge on any atom is -0.497 e. The zero-order valence-electron chi connectivity index (χ0n) is 16.5. The molecule has 0 bridgehead atoms. The molecular weight excluding hydrogens is 410 g/mol. The van der Waals surface area contributed by atoms with Gasteiger partial charge in [0.25, 0.3) is 0 Å². The van der Waals surface area contributed by atoms with Crippen molar-refractivity contribution < 1.29 is 4.74 Å². The summed E-state index contributed by atoms with van der Waals surface area (Å²) in [5.74, 6) is 0.843. The summed E-state index contributed by atoms with van der Waals surface area (Å²) >= 11 is 3.34. The number of fused-ring (bicyclic) bond motifs is 1. The number of benzene rings is 3. The van der Waals surface area contributed by atoms with Gasteiger partial charge in [-0.3, -0.25) is 0 Å². The topological polar surface area (TPSA) is 47.0 Å². The van der Waals surface area contributed by atoms with Crippen LogP contribution in [0.25, 0.3) is 32.0 Å². The summed E-state index contributed by atoms with van der Waals surface area (Å²) in [5, 5.41) is 5.32. The Morgan fingerprint density at radius 3 is 2.40 bits per heavy atom. The lowest BCUT2D eigenvalue weighted by atomic mass is 10.1. The fourth-order valence-electron chi connectivity index (χ4n) is 3.29. The normalized spacial score (nSPS) is 11.0. The number of anilines is 2. The Labute approximate surface area is 182 Å². The molecule has 4 nitrogen and oxygen atoms in total. The quantitative estimate of drug-likeness (QED) is 0.322. The number of rotatable bonds is 5. The van der Waals surface area contributed by atoms with Crippen LogP contribution in [0.15, 0.2) is 72.8 Å². The van der Waals surface area contributed by atoms with Crippen LogP contribution < -0.4 is 10.1 Å². The SMILES string of the molecule is COc1ccc2nc(Nc3ccc(-c4nc(-c5ccccc5)sc4C)cc3)sc2c1. The van der Waals surface area contributed by atoms with Crippen molar-refractivity contribution >= 4 is 43.7 Å². The maximum Gasteiger partial charge on any atom is 0.188 e. The number of nitrogens with zero attached hydrogens (tertiary/aromatic N) is 2. The molecule has 0 unspecified atom stereocenters. The van der Waals surface area contributed by atoms with E-state index < -0.39 is 0 Å². The molecule has 5 aromatic rings. The second-order valence-electron chi connectivity index (χ2n) is 6.84. The minimum absolute atomic E-state index is 0.843. The van der Waals surface area contributed by atoms with E-state index in [-0.39, 0.29) is 0 Å².